The molecule has 0 bridgehead atoms. The molecule has 2 unspecified atom stereocenters. The van der Waals surface area contributed by atoms with E-state index in [2.05, 4.69) is 29.6 Å². The second-order valence-electron chi connectivity index (χ2n) is 5.51. The van der Waals surface area contributed by atoms with Gasteiger partial charge in [-0.2, -0.15) is 5.26 Å². The number of hydrogen-bond donors (Lipinski definition) is 1. The topological polar surface area (TPSA) is 45.0 Å². The lowest BCUT2D eigenvalue weighted by Crippen LogP contribution is -2.29. The Balaban J connectivity index is 1.69. The van der Waals surface area contributed by atoms with Crippen molar-refractivity contribution in [2.45, 2.75) is 43.7 Å². The summed E-state index contributed by atoms with van der Waals surface area (Å²) in [4.78, 5) is 0. The van der Waals surface area contributed by atoms with Crippen molar-refractivity contribution < 1.29 is 4.74 Å². The van der Waals surface area contributed by atoms with E-state index in [9.17, 15) is 5.26 Å². The Morgan fingerprint density at radius 3 is 2.84 bits per heavy atom. The quantitative estimate of drug-likeness (QED) is 0.881. The first-order chi connectivity index (χ1) is 9.38. The van der Waals surface area contributed by atoms with Gasteiger partial charge in [-0.15, -0.1) is 0 Å². The maximum Gasteiger partial charge on any atom is 0.121 e. The number of benzene rings is 1. The molecule has 1 N–H and O–H groups in total. The van der Waals surface area contributed by atoms with E-state index in [1.165, 1.54) is 18.4 Å². The Morgan fingerprint density at radius 2 is 2.16 bits per heavy atom. The van der Waals surface area contributed by atoms with Crippen molar-refractivity contribution in [2.75, 3.05) is 13.2 Å². The maximum atomic E-state index is 9.43. The molecule has 3 heteroatoms. The summed E-state index contributed by atoms with van der Waals surface area (Å²) in [6.07, 6.45) is 5.06. The van der Waals surface area contributed by atoms with Crippen molar-refractivity contribution in [1.29, 1.82) is 5.26 Å². The van der Waals surface area contributed by atoms with Gasteiger partial charge in [0.25, 0.3) is 0 Å². The van der Waals surface area contributed by atoms with E-state index in [-0.39, 0.29) is 12.1 Å². The van der Waals surface area contributed by atoms with Gasteiger partial charge in [0.2, 0.25) is 0 Å². The first kappa shape index (κ1) is 12.7. The molecule has 1 heterocycles. The zero-order valence-electron chi connectivity index (χ0n) is 11.1. The standard InChI is InChI=1S/C16H20N2O/c17-10-16(18-11-13-4-3-9-19-13)15-6-2-1-5-14(15)12-7-8-12/h1-2,5-6,12-13,16,18H,3-4,7-9,11H2. The molecule has 2 atom stereocenters. The number of nitriles is 1. The van der Waals surface area contributed by atoms with E-state index in [0.717, 1.165) is 31.6 Å². The van der Waals surface area contributed by atoms with Crippen LogP contribution in [0.25, 0.3) is 0 Å². The smallest absolute Gasteiger partial charge is 0.121 e. The van der Waals surface area contributed by atoms with Crippen LogP contribution in [0.3, 0.4) is 0 Å². The summed E-state index contributed by atoms with van der Waals surface area (Å²) in [7, 11) is 0. The molecule has 1 aromatic rings. The van der Waals surface area contributed by atoms with Gasteiger partial charge in [0, 0.05) is 13.2 Å². The van der Waals surface area contributed by atoms with Crippen LogP contribution in [-0.2, 0) is 4.74 Å². The van der Waals surface area contributed by atoms with Gasteiger partial charge in [0.15, 0.2) is 0 Å². The van der Waals surface area contributed by atoms with Crippen LogP contribution in [0.1, 0.15) is 48.8 Å². The maximum absolute atomic E-state index is 9.43. The van der Waals surface area contributed by atoms with E-state index >= 15 is 0 Å². The van der Waals surface area contributed by atoms with Crippen LogP contribution < -0.4 is 5.32 Å². The third kappa shape index (κ3) is 2.97. The summed E-state index contributed by atoms with van der Waals surface area (Å²) in [5.74, 6) is 0.677. The van der Waals surface area contributed by atoms with Gasteiger partial charge >= 0.3 is 0 Å². The van der Waals surface area contributed by atoms with Crippen molar-refractivity contribution in [3.8, 4) is 6.07 Å². The monoisotopic (exact) mass is 256 g/mol. The Labute approximate surface area is 114 Å². The number of nitrogens with zero attached hydrogens (tertiary/aromatic N) is 1. The molecule has 0 aromatic heterocycles. The molecule has 1 aliphatic heterocycles. The minimum atomic E-state index is -0.207. The molecule has 100 valence electrons. The van der Waals surface area contributed by atoms with Crippen LogP contribution in [0.2, 0.25) is 0 Å². The molecule has 3 rings (SSSR count). The zero-order valence-corrected chi connectivity index (χ0v) is 11.1. The van der Waals surface area contributed by atoms with Crippen molar-refractivity contribution in [3.63, 3.8) is 0 Å². The molecule has 3 nitrogen and oxygen atoms in total. The molecule has 1 aromatic carbocycles. The summed E-state index contributed by atoms with van der Waals surface area (Å²) in [6, 6.07) is 10.6. The Morgan fingerprint density at radius 1 is 1.32 bits per heavy atom. The second kappa shape index (κ2) is 5.73. The number of rotatable bonds is 5. The summed E-state index contributed by atoms with van der Waals surface area (Å²) in [5, 5.41) is 12.8. The lowest BCUT2D eigenvalue weighted by Gasteiger charge is -2.18. The summed E-state index contributed by atoms with van der Waals surface area (Å²) >= 11 is 0. The molecule has 1 aliphatic carbocycles. The molecular weight excluding hydrogens is 236 g/mol. The number of hydrogen-bond acceptors (Lipinski definition) is 3. The lowest BCUT2D eigenvalue weighted by atomic mass is 9.97. The summed E-state index contributed by atoms with van der Waals surface area (Å²) in [6.45, 7) is 1.64. The van der Waals surface area contributed by atoms with Crippen LogP contribution in [0.5, 0.6) is 0 Å². The fourth-order valence-electron chi connectivity index (χ4n) is 2.82. The predicted molar refractivity (Wildman–Crippen MR) is 73.7 cm³/mol. The van der Waals surface area contributed by atoms with Crippen molar-refractivity contribution in [1.82, 2.24) is 5.32 Å². The molecule has 1 saturated carbocycles. The van der Waals surface area contributed by atoms with Crippen LogP contribution >= 0.6 is 0 Å². The zero-order chi connectivity index (χ0) is 13.1. The Kier molecular flexibility index (Phi) is 3.82. The fourth-order valence-corrected chi connectivity index (χ4v) is 2.82. The predicted octanol–water partition coefficient (Wildman–Crippen LogP) is 2.90. The average molecular weight is 256 g/mol. The van der Waals surface area contributed by atoms with E-state index < -0.39 is 0 Å². The second-order valence-corrected chi connectivity index (χ2v) is 5.51. The van der Waals surface area contributed by atoms with Crippen LogP contribution in [-0.4, -0.2) is 19.3 Å². The minimum Gasteiger partial charge on any atom is -0.377 e. The van der Waals surface area contributed by atoms with Gasteiger partial charge in [0.05, 0.1) is 12.2 Å². The third-order valence-corrected chi connectivity index (χ3v) is 4.03. The minimum absolute atomic E-state index is 0.207. The first-order valence-corrected chi connectivity index (χ1v) is 7.22. The first-order valence-electron chi connectivity index (χ1n) is 7.22. The normalized spacial score (nSPS) is 24.1. The van der Waals surface area contributed by atoms with E-state index in [4.69, 9.17) is 4.74 Å². The van der Waals surface area contributed by atoms with Gasteiger partial charge in [-0.05, 0) is 42.7 Å². The highest BCUT2D eigenvalue weighted by Gasteiger charge is 2.28. The molecule has 19 heavy (non-hydrogen) atoms. The molecule has 0 spiro atoms. The van der Waals surface area contributed by atoms with Gasteiger partial charge in [0.1, 0.15) is 6.04 Å². The van der Waals surface area contributed by atoms with Crippen molar-refractivity contribution >= 4 is 0 Å². The summed E-state index contributed by atoms with van der Waals surface area (Å²) < 4.78 is 5.60. The van der Waals surface area contributed by atoms with E-state index in [0.29, 0.717) is 5.92 Å². The Bertz CT molecular complexity index is 470. The highest BCUT2D eigenvalue weighted by molar-refractivity contribution is 5.38. The summed E-state index contributed by atoms with van der Waals surface area (Å²) in [5.41, 5.74) is 2.51. The van der Waals surface area contributed by atoms with Gasteiger partial charge < -0.3 is 4.74 Å². The number of ether oxygens (including phenoxy) is 1. The van der Waals surface area contributed by atoms with E-state index in [1.54, 1.807) is 0 Å². The number of nitrogens with one attached hydrogen (secondary N) is 1. The van der Waals surface area contributed by atoms with Crippen molar-refractivity contribution in [2.24, 2.45) is 0 Å². The average Bonchev–Trinajstić information content (AvgIpc) is 3.17. The fraction of sp³-hybridized carbons (Fsp3) is 0.562. The highest BCUT2D eigenvalue weighted by Crippen LogP contribution is 2.42. The van der Waals surface area contributed by atoms with Crippen LogP contribution in [0.15, 0.2) is 24.3 Å². The molecule has 2 aliphatic rings. The molecular formula is C16H20N2O. The van der Waals surface area contributed by atoms with Gasteiger partial charge in [-0.25, -0.2) is 0 Å². The third-order valence-electron chi connectivity index (χ3n) is 4.03. The SMILES string of the molecule is N#CC(NCC1CCCO1)c1ccccc1C1CC1. The van der Waals surface area contributed by atoms with Gasteiger partial charge in [-0.1, -0.05) is 24.3 Å². The van der Waals surface area contributed by atoms with Crippen LogP contribution in [0.4, 0.5) is 0 Å². The lowest BCUT2D eigenvalue weighted by molar-refractivity contribution is 0.109. The van der Waals surface area contributed by atoms with Crippen molar-refractivity contribution in [3.05, 3.63) is 35.4 Å². The highest BCUT2D eigenvalue weighted by atomic mass is 16.5. The molecule has 0 radical (unpaired) electrons. The molecule has 1 saturated heterocycles. The van der Waals surface area contributed by atoms with E-state index in [1.807, 2.05) is 6.07 Å². The largest absolute Gasteiger partial charge is 0.377 e. The Hall–Kier alpha value is -1.37. The van der Waals surface area contributed by atoms with Crippen LogP contribution in [0, 0.1) is 11.3 Å². The molecule has 2 fully saturated rings. The molecule has 0 amide bonds. The van der Waals surface area contributed by atoms with Gasteiger partial charge in [-0.3, -0.25) is 5.32 Å².